The SMILES string of the molecule is CCNC(=NCC1CCCN1C)N(C)Cc1ccon1.I. The van der Waals surface area contributed by atoms with Crippen molar-refractivity contribution in [1.29, 1.82) is 0 Å². The van der Waals surface area contributed by atoms with Crippen molar-refractivity contribution in [3.63, 3.8) is 0 Å². The lowest BCUT2D eigenvalue weighted by Crippen LogP contribution is -2.39. The van der Waals surface area contributed by atoms with E-state index >= 15 is 0 Å². The smallest absolute Gasteiger partial charge is 0.194 e. The standard InChI is InChI=1S/C14H25N5O.HI/c1-4-15-14(16-10-13-6-5-8-18(13)2)19(3)11-12-7-9-20-17-12;/h7,9,13H,4-6,8,10-11H2,1-3H3,(H,15,16);1H. The van der Waals surface area contributed by atoms with Crippen molar-refractivity contribution in [3.8, 4) is 0 Å². The number of nitrogens with one attached hydrogen (secondary N) is 1. The highest BCUT2D eigenvalue weighted by Crippen LogP contribution is 2.14. The van der Waals surface area contributed by atoms with Crippen molar-refractivity contribution in [3.05, 3.63) is 18.0 Å². The van der Waals surface area contributed by atoms with Gasteiger partial charge in [0.25, 0.3) is 0 Å². The van der Waals surface area contributed by atoms with Gasteiger partial charge in [0.1, 0.15) is 12.0 Å². The second-order valence-electron chi connectivity index (χ2n) is 5.32. The van der Waals surface area contributed by atoms with Crippen LogP contribution in [0.1, 0.15) is 25.5 Å². The fourth-order valence-corrected chi connectivity index (χ4v) is 2.51. The number of nitrogens with zero attached hydrogens (tertiary/aromatic N) is 4. The summed E-state index contributed by atoms with van der Waals surface area (Å²) < 4.78 is 4.87. The molecule has 2 rings (SSSR count). The van der Waals surface area contributed by atoms with Crippen LogP contribution < -0.4 is 5.32 Å². The van der Waals surface area contributed by atoms with Crippen LogP contribution in [0.5, 0.6) is 0 Å². The Morgan fingerprint density at radius 1 is 1.62 bits per heavy atom. The van der Waals surface area contributed by atoms with Crippen LogP contribution in [0.15, 0.2) is 21.8 Å². The Labute approximate surface area is 144 Å². The monoisotopic (exact) mass is 407 g/mol. The van der Waals surface area contributed by atoms with E-state index in [1.54, 1.807) is 6.26 Å². The number of likely N-dealkylation sites (tertiary alicyclic amines) is 1. The Kier molecular flexibility index (Phi) is 8.02. The van der Waals surface area contributed by atoms with E-state index in [9.17, 15) is 0 Å². The molecule has 1 N–H and O–H groups in total. The Balaban J connectivity index is 0.00000220. The Hall–Kier alpha value is -0.830. The van der Waals surface area contributed by atoms with E-state index in [2.05, 4.69) is 34.2 Å². The lowest BCUT2D eigenvalue weighted by Gasteiger charge is -2.23. The summed E-state index contributed by atoms with van der Waals surface area (Å²) in [5, 5.41) is 7.27. The Bertz CT molecular complexity index is 423. The molecule has 1 aliphatic rings. The summed E-state index contributed by atoms with van der Waals surface area (Å²) in [7, 11) is 4.20. The van der Waals surface area contributed by atoms with E-state index < -0.39 is 0 Å². The Morgan fingerprint density at radius 2 is 2.43 bits per heavy atom. The van der Waals surface area contributed by atoms with Crippen LogP contribution in [0.25, 0.3) is 0 Å². The highest BCUT2D eigenvalue weighted by atomic mass is 127. The van der Waals surface area contributed by atoms with Gasteiger partial charge in [-0.1, -0.05) is 5.16 Å². The molecular formula is C14H26IN5O. The number of rotatable bonds is 5. The van der Waals surface area contributed by atoms with Crippen molar-refractivity contribution >= 4 is 29.9 Å². The van der Waals surface area contributed by atoms with Gasteiger partial charge in [-0.25, -0.2) is 0 Å². The number of hydrogen-bond acceptors (Lipinski definition) is 4. The maximum absolute atomic E-state index is 4.87. The molecule has 0 amide bonds. The first-order valence-corrected chi connectivity index (χ1v) is 7.29. The van der Waals surface area contributed by atoms with Crippen molar-refractivity contribution in [2.75, 3.05) is 33.7 Å². The molecule has 0 spiro atoms. The van der Waals surface area contributed by atoms with E-state index in [0.717, 1.165) is 24.7 Å². The molecule has 1 saturated heterocycles. The molecule has 6 nitrogen and oxygen atoms in total. The molecule has 0 radical (unpaired) electrons. The predicted octanol–water partition coefficient (Wildman–Crippen LogP) is 1.78. The summed E-state index contributed by atoms with van der Waals surface area (Å²) in [6, 6.07) is 2.45. The topological polar surface area (TPSA) is 56.9 Å². The third-order valence-electron chi connectivity index (χ3n) is 3.71. The minimum absolute atomic E-state index is 0. The van der Waals surface area contributed by atoms with Crippen LogP contribution >= 0.6 is 24.0 Å². The summed E-state index contributed by atoms with van der Waals surface area (Å²) in [5.41, 5.74) is 0.913. The second-order valence-corrected chi connectivity index (χ2v) is 5.32. The molecule has 1 aliphatic heterocycles. The average Bonchev–Trinajstić information content (AvgIpc) is 3.06. The van der Waals surface area contributed by atoms with Gasteiger partial charge < -0.3 is 19.6 Å². The number of guanidine groups is 1. The molecule has 0 aliphatic carbocycles. The van der Waals surface area contributed by atoms with Gasteiger partial charge in [0, 0.05) is 25.7 Å². The molecule has 0 saturated carbocycles. The van der Waals surface area contributed by atoms with Gasteiger partial charge in [0.2, 0.25) is 0 Å². The molecule has 120 valence electrons. The maximum Gasteiger partial charge on any atom is 0.194 e. The molecule has 1 aromatic heterocycles. The van der Waals surface area contributed by atoms with Gasteiger partial charge in [0.15, 0.2) is 5.96 Å². The zero-order chi connectivity index (χ0) is 14.4. The molecule has 21 heavy (non-hydrogen) atoms. The van der Waals surface area contributed by atoms with Gasteiger partial charge in [-0.3, -0.25) is 4.99 Å². The largest absolute Gasteiger partial charge is 0.364 e. The number of aromatic nitrogens is 1. The van der Waals surface area contributed by atoms with E-state index in [1.807, 2.05) is 13.1 Å². The summed E-state index contributed by atoms with van der Waals surface area (Å²) in [6.45, 7) is 5.68. The van der Waals surface area contributed by atoms with Crippen LogP contribution in [0.4, 0.5) is 0 Å². The zero-order valence-corrected chi connectivity index (χ0v) is 15.4. The summed E-state index contributed by atoms with van der Waals surface area (Å²) >= 11 is 0. The number of aliphatic imine (C=N–C) groups is 1. The van der Waals surface area contributed by atoms with Crippen LogP contribution in [0.2, 0.25) is 0 Å². The van der Waals surface area contributed by atoms with Crippen LogP contribution in [0.3, 0.4) is 0 Å². The lowest BCUT2D eigenvalue weighted by molar-refractivity contribution is 0.315. The van der Waals surface area contributed by atoms with E-state index in [1.165, 1.54) is 19.4 Å². The van der Waals surface area contributed by atoms with Crippen molar-refractivity contribution in [1.82, 2.24) is 20.3 Å². The van der Waals surface area contributed by atoms with E-state index in [-0.39, 0.29) is 24.0 Å². The molecule has 7 heteroatoms. The van der Waals surface area contributed by atoms with Gasteiger partial charge in [-0.2, -0.15) is 0 Å². The molecule has 0 bridgehead atoms. The van der Waals surface area contributed by atoms with Crippen LogP contribution in [-0.2, 0) is 6.54 Å². The summed E-state index contributed by atoms with van der Waals surface area (Å²) in [4.78, 5) is 9.23. The maximum atomic E-state index is 4.87. The summed E-state index contributed by atoms with van der Waals surface area (Å²) in [6.07, 6.45) is 4.12. The molecule has 0 aromatic carbocycles. The molecule has 1 aromatic rings. The third-order valence-corrected chi connectivity index (χ3v) is 3.71. The minimum atomic E-state index is 0. The normalized spacial score (nSPS) is 19.4. The third kappa shape index (κ3) is 5.46. The van der Waals surface area contributed by atoms with Crippen LogP contribution in [-0.4, -0.2) is 60.7 Å². The Morgan fingerprint density at radius 3 is 3.00 bits per heavy atom. The van der Waals surface area contributed by atoms with Gasteiger partial charge in [0.05, 0.1) is 13.1 Å². The highest BCUT2D eigenvalue weighted by molar-refractivity contribution is 14.0. The van der Waals surface area contributed by atoms with Crippen molar-refractivity contribution in [2.45, 2.75) is 32.4 Å². The highest BCUT2D eigenvalue weighted by Gasteiger charge is 2.20. The average molecular weight is 407 g/mol. The van der Waals surface area contributed by atoms with E-state index in [0.29, 0.717) is 12.6 Å². The van der Waals surface area contributed by atoms with Crippen LogP contribution in [0, 0.1) is 0 Å². The predicted molar refractivity (Wildman–Crippen MR) is 95.0 cm³/mol. The first kappa shape index (κ1) is 18.2. The fourth-order valence-electron chi connectivity index (χ4n) is 2.51. The molecule has 2 heterocycles. The quantitative estimate of drug-likeness (QED) is 0.458. The molecule has 1 fully saturated rings. The number of likely N-dealkylation sites (N-methyl/N-ethyl adjacent to an activating group) is 1. The summed E-state index contributed by atoms with van der Waals surface area (Å²) in [5.74, 6) is 0.927. The molecular weight excluding hydrogens is 381 g/mol. The van der Waals surface area contributed by atoms with Gasteiger partial charge in [-0.15, -0.1) is 24.0 Å². The lowest BCUT2D eigenvalue weighted by atomic mass is 10.2. The number of hydrogen-bond donors (Lipinski definition) is 1. The number of halogens is 1. The first-order chi connectivity index (χ1) is 9.70. The fraction of sp³-hybridized carbons (Fsp3) is 0.714. The zero-order valence-electron chi connectivity index (χ0n) is 13.1. The minimum Gasteiger partial charge on any atom is -0.364 e. The van der Waals surface area contributed by atoms with Crippen molar-refractivity contribution < 1.29 is 4.52 Å². The first-order valence-electron chi connectivity index (χ1n) is 7.29. The molecule has 1 unspecified atom stereocenters. The van der Waals surface area contributed by atoms with Crippen molar-refractivity contribution in [2.24, 2.45) is 4.99 Å². The molecule has 1 atom stereocenters. The van der Waals surface area contributed by atoms with Gasteiger partial charge >= 0.3 is 0 Å². The van der Waals surface area contributed by atoms with E-state index in [4.69, 9.17) is 9.52 Å². The van der Waals surface area contributed by atoms with Gasteiger partial charge in [-0.05, 0) is 33.4 Å². The second kappa shape index (κ2) is 9.24.